The number of nitrogens with zero attached hydrogens (tertiary/aromatic N) is 2. The molecule has 2 nitrogen and oxygen atoms in total. The molecule has 0 amide bonds. The number of hydrogen-bond acceptors (Lipinski definition) is 0. The molecule has 1 aliphatic heterocycles. The van der Waals surface area contributed by atoms with Crippen molar-refractivity contribution >= 4 is 11.4 Å². The summed E-state index contributed by atoms with van der Waals surface area (Å²) in [6, 6.07) is 17.2. The normalized spacial score (nSPS) is 14.0. The van der Waals surface area contributed by atoms with Crippen molar-refractivity contribution in [2.75, 3.05) is 0 Å². The van der Waals surface area contributed by atoms with Crippen LogP contribution in [0, 0.1) is 0 Å². The van der Waals surface area contributed by atoms with E-state index in [4.69, 9.17) is 0 Å². The van der Waals surface area contributed by atoms with Gasteiger partial charge in [-0.2, -0.15) is 0 Å². The van der Waals surface area contributed by atoms with Crippen molar-refractivity contribution in [3.05, 3.63) is 88.0 Å². The lowest BCUT2D eigenvalue weighted by Gasteiger charge is -2.11. The average molecular weight is 373 g/mol. The molecule has 0 N–H and O–H groups in total. The molecule has 1 heterocycles. The van der Waals surface area contributed by atoms with E-state index in [2.05, 4.69) is 75.4 Å². The molecule has 146 valence electrons. The quantitative estimate of drug-likeness (QED) is 0.405. The van der Waals surface area contributed by atoms with E-state index in [9.17, 15) is 5.53 Å². The maximum atomic E-state index is 11.2. The second-order valence-corrected chi connectivity index (χ2v) is 7.68. The van der Waals surface area contributed by atoms with Crippen molar-refractivity contribution < 1.29 is 4.70 Å². The van der Waals surface area contributed by atoms with Gasteiger partial charge in [-0.15, -0.1) is 0 Å². The first-order valence-electron chi connectivity index (χ1n) is 10.8. The molecule has 2 heteroatoms. The Labute approximate surface area is 170 Å². The topological polar surface area (TPSA) is 25.3 Å². The third kappa shape index (κ3) is 4.49. The van der Waals surface area contributed by atoms with Crippen LogP contribution >= 0.6 is 0 Å². The molecule has 1 aliphatic rings. The van der Waals surface area contributed by atoms with Gasteiger partial charge in [-0.05, 0) is 67.5 Å². The molecule has 0 aliphatic carbocycles. The van der Waals surface area contributed by atoms with E-state index < -0.39 is 0 Å². The summed E-state index contributed by atoms with van der Waals surface area (Å²) in [5, 5.41) is 0. The second kappa shape index (κ2) is 9.64. The van der Waals surface area contributed by atoms with Crippen LogP contribution in [-0.2, 0) is 12.8 Å². The average Bonchev–Trinajstić information content (AvgIpc) is 3.07. The number of benzene rings is 2. The lowest BCUT2D eigenvalue weighted by atomic mass is 10.0. The number of aryl methyl sites for hydroxylation is 2. The summed E-state index contributed by atoms with van der Waals surface area (Å²) in [5.74, 6) is 0. The maximum Gasteiger partial charge on any atom is 0.210 e. The molecule has 2 aromatic carbocycles. The standard InChI is InChI=1S/C26H32N2/c1-4-7-11-21-13-10-15-22(18-21)25-19-24(14-8-5-2)26(28(25)27)23-16-9-12-20(6-3)17-23/h9-10,12-13,15-19H,4-8,11,14H2,1-3H3. The molecular weight excluding hydrogens is 340 g/mol. The highest BCUT2D eigenvalue weighted by Crippen LogP contribution is 2.37. The highest BCUT2D eigenvalue weighted by molar-refractivity contribution is 5.78. The van der Waals surface area contributed by atoms with Crippen LogP contribution in [0.2, 0.25) is 0 Å². The summed E-state index contributed by atoms with van der Waals surface area (Å²) < 4.78 is 1.42. The number of rotatable bonds is 9. The van der Waals surface area contributed by atoms with Crippen molar-refractivity contribution in [1.82, 2.24) is 0 Å². The molecule has 3 rings (SSSR count). The monoisotopic (exact) mass is 372 g/mol. The minimum Gasteiger partial charge on any atom is -0.493 e. The van der Waals surface area contributed by atoms with Crippen LogP contribution in [0.1, 0.15) is 75.1 Å². The van der Waals surface area contributed by atoms with Crippen LogP contribution in [-0.4, -0.2) is 4.70 Å². The van der Waals surface area contributed by atoms with E-state index in [0.29, 0.717) is 0 Å². The van der Waals surface area contributed by atoms with Crippen LogP contribution in [0.25, 0.3) is 16.9 Å². The first-order chi connectivity index (χ1) is 13.7. The number of unbranched alkanes of at least 4 members (excludes halogenated alkanes) is 2. The number of allylic oxidation sites excluding steroid dienone is 2. The lowest BCUT2D eigenvalue weighted by Crippen LogP contribution is -2.03. The van der Waals surface area contributed by atoms with Gasteiger partial charge in [-0.1, -0.05) is 57.9 Å². The fraction of sp³-hybridized carbons (Fsp3) is 0.385. The van der Waals surface area contributed by atoms with E-state index in [-0.39, 0.29) is 0 Å². The van der Waals surface area contributed by atoms with Gasteiger partial charge in [0.2, 0.25) is 11.4 Å². The summed E-state index contributed by atoms with van der Waals surface area (Å²) in [6.07, 6.45) is 9.91. The highest BCUT2D eigenvalue weighted by Gasteiger charge is 2.28. The first-order valence-corrected chi connectivity index (χ1v) is 10.8. The van der Waals surface area contributed by atoms with Crippen molar-refractivity contribution in [3.8, 4) is 0 Å². The molecular formula is C26H32N2. The van der Waals surface area contributed by atoms with Gasteiger partial charge in [0, 0.05) is 22.8 Å². The van der Waals surface area contributed by atoms with E-state index in [1.54, 1.807) is 0 Å². The van der Waals surface area contributed by atoms with E-state index in [1.807, 2.05) is 0 Å². The minimum atomic E-state index is 0.890. The Balaban J connectivity index is 1.97. The van der Waals surface area contributed by atoms with Crippen molar-refractivity contribution in [2.45, 2.75) is 65.7 Å². The van der Waals surface area contributed by atoms with E-state index in [1.165, 1.54) is 34.2 Å². The van der Waals surface area contributed by atoms with E-state index in [0.717, 1.165) is 54.6 Å². The maximum absolute atomic E-state index is 11.2. The summed E-state index contributed by atoms with van der Waals surface area (Å²) in [4.78, 5) is 0. The molecule has 0 atom stereocenters. The molecule has 0 radical (unpaired) electrons. The lowest BCUT2D eigenvalue weighted by molar-refractivity contribution is -0.344. The zero-order chi connectivity index (χ0) is 19.9. The van der Waals surface area contributed by atoms with Crippen molar-refractivity contribution in [3.63, 3.8) is 0 Å². The molecule has 0 aromatic heterocycles. The van der Waals surface area contributed by atoms with Gasteiger partial charge in [0.25, 0.3) is 0 Å². The van der Waals surface area contributed by atoms with Gasteiger partial charge < -0.3 is 5.53 Å². The smallest absolute Gasteiger partial charge is 0.210 e. The van der Waals surface area contributed by atoms with Crippen molar-refractivity contribution in [1.29, 1.82) is 0 Å². The largest absolute Gasteiger partial charge is 0.493 e. The third-order valence-electron chi connectivity index (χ3n) is 5.51. The van der Waals surface area contributed by atoms with E-state index >= 15 is 0 Å². The zero-order valence-corrected chi connectivity index (χ0v) is 17.5. The fourth-order valence-electron chi connectivity index (χ4n) is 3.83. The molecule has 0 unspecified atom stereocenters. The molecule has 0 fully saturated rings. The van der Waals surface area contributed by atoms with Crippen LogP contribution in [0.15, 0.2) is 60.2 Å². The summed E-state index contributed by atoms with van der Waals surface area (Å²) >= 11 is 0. The Bertz CT molecular complexity index is 902. The van der Waals surface area contributed by atoms with Crippen molar-refractivity contribution in [2.24, 2.45) is 0 Å². The predicted molar refractivity (Wildman–Crippen MR) is 119 cm³/mol. The van der Waals surface area contributed by atoms with Gasteiger partial charge in [0.15, 0.2) is 0 Å². The fourth-order valence-corrected chi connectivity index (χ4v) is 3.83. The zero-order valence-electron chi connectivity index (χ0n) is 17.5. The van der Waals surface area contributed by atoms with Gasteiger partial charge in [-0.25, -0.2) is 4.70 Å². The predicted octanol–water partition coefficient (Wildman–Crippen LogP) is 7.58. The van der Waals surface area contributed by atoms with Crippen LogP contribution in [0.4, 0.5) is 0 Å². The molecule has 0 bridgehead atoms. The van der Waals surface area contributed by atoms with Crippen LogP contribution < -0.4 is 0 Å². The Morgan fingerprint density at radius 1 is 0.786 bits per heavy atom. The minimum absolute atomic E-state index is 0.890. The molecule has 0 spiro atoms. The Morgan fingerprint density at radius 2 is 1.43 bits per heavy atom. The summed E-state index contributed by atoms with van der Waals surface area (Å²) in [6.45, 7) is 6.60. The Kier molecular flexibility index (Phi) is 6.97. The van der Waals surface area contributed by atoms with Crippen LogP contribution in [0.5, 0.6) is 0 Å². The third-order valence-corrected chi connectivity index (χ3v) is 5.51. The second-order valence-electron chi connectivity index (χ2n) is 7.68. The molecule has 0 saturated carbocycles. The van der Waals surface area contributed by atoms with Crippen LogP contribution in [0.3, 0.4) is 0 Å². The summed E-state index contributed by atoms with van der Waals surface area (Å²) in [7, 11) is 0. The first kappa shape index (κ1) is 20.3. The SMILES string of the molecule is CCCCC1=C(c2cccc(CC)c2)[N+](=[N-])C(c2cccc(CCCC)c2)=C1. The molecule has 28 heavy (non-hydrogen) atoms. The van der Waals surface area contributed by atoms with Gasteiger partial charge in [-0.3, -0.25) is 0 Å². The van der Waals surface area contributed by atoms with Gasteiger partial charge in [0.1, 0.15) is 0 Å². The number of hydrogen-bond donors (Lipinski definition) is 0. The molecule has 0 saturated heterocycles. The van der Waals surface area contributed by atoms with Gasteiger partial charge in [0.05, 0.1) is 0 Å². The Morgan fingerprint density at radius 3 is 2.14 bits per heavy atom. The molecule has 2 aromatic rings. The Hall–Kier alpha value is -2.48. The highest BCUT2D eigenvalue weighted by atomic mass is 15.2. The van der Waals surface area contributed by atoms with Gasteiger partial charge >= 0.3 is 0 Å². The summed E-state index contributed by atoms with van der Waals surface area (Å²) in [5.41, 5.74) is 19.0.